The Morgan fingerprint density at radius 1 is 1.10 bits per heavy atom. The number of carbonyl (C=O) groups is 1. The number of hydrogen-bond donors (Lipinski definition) is 0. The molecule has 0 aliphatic rings. The van der Waals surface area contributed by atoms with E-state index in [2.05, 4.69) is 25.1 Å². The van der Waals surface area contributed by atoms with E-state index in [0.29, 0.717) is 6.42 Å². The SMILES string of the molecule is CCCC(C)(C)OC(=O)Cc1cccc2ccccc12. The number of rotatable bonds is 5. The molecule has 0 fully saturated rings. The zero-order valence-electron chi connectivity index (χ0n) is 12.5. The second-order valence-corrected chi connectivity index (χ2v) is 5.80. The highest BCUT2D eigenvalue weighted by atomic mass is 16.6. The summed E-state index contributed by atoms with van der Waals surface area (Å²) >= 11 is 0. The molecule has 0 aliphatic heterocycles. The third-order valence-electron chi connectivity index (χ3n) is 3.46. The summed E-state index contributed by atoms with van der Waals surface area (Å²) in [5.74, 6) is -0.153. The smallest absolute Gasteiger partial charge is 0.310 e. The van der Waals surface area contributed by atoms with Gasteiger partial charge < -0.3 is 4.74 Å². The average Bonchev–Trinajstić information content (AvgIpc) is 2.38. The van der Waals surface area contributed by atoms with E-state index in [0.717, 1.165) is 29.2 Å². The lowest BCUT2D eigenvalue weighted by atomic mass is 10.0. The van der Waals surface area contributed by atoms with Crippen molar-refractivity contribution < 1.29 is 9.53 Å². The van der Waals surface area contributed by atoms with Gasteiger partial charge in [-0.3, -0.25) is 4.79 Å². The van der Waals surface area contributed by atoms with Crippen molar-refractivity contribution in [2.24, 2.45) is 0 Å². The van der Waals surface area contributed by atoms with E-state index in [1.54, 1.807) is 0 Å². The third-order valence-corrected chi connectivity index (χ3v) is 3.46. The van der Waals surface area contributed by atoms with E-state index >= 15 is 0 Å². The third kappa shape index (κ3) is 3.60. The number of hydrogen-bond acceptors (Lipinski definition) is 2. The van der Waals surface area contributed by atoms with E-state index in [1.807, 2.05) is 38.1 Å². The van der Waals surface area contributed by atoms with Gasteiger partial charge in [-0.05, 0) is 36.6 Å². The van der Waals surface area contributed by atoms with Gasteiger partial charge in [0.2, 0.25) is 0 Å². The van der Waals surface area contributed by atoms with Crippen LogP contribution in [0.1, 0.15) is 39.2 Å². The van der Waals surface area contributed by atoms with E-state index in [9.17, 15) is 4.79 Å². The van der Waals surface area contributed by atoms with Crippen LogP contribution in [0.2, 0.25) is 0 Å². The summed E-state index contributed by atoms with van der Waals surface area (Å²) in [6.45, 7) is 6.04. The summed E-state index contributed by atoms with van der Waals surface area (Å²) in [7, 11) is 0. The van der Waals surface area contributed by atoms with Gasteiger partial charge in [-0.1, -0.05) is 55.8 Å². The minimum absolute atomic E-state index is 0.153. The minimum atomic E-state index is -0.379. The van der Waals surface area contributed by atoms with Crippen molar-refractivity contribution in [3.8, 4) is 0 Å². The first-order valence-electron chi connectivity index (χ1n) is 7.20. The molecule has 0 radical (unpaired) electrons. The largest absolute Gasteiger partial charge is 0.459 e. The molecular weight excluding hydrogens is 248 g/mol. The lowest BCUT2D eigenvalue weighted by Crippen LogP contribution is -2.28. The van der Waals surface area contributed by atoms with E-state index in [4.69, 9.17) is 4.74 Å². The van der Waals surface area contributed by atoms with Gasteiger partial charge in [0, 0.05) is 0 Å². The van der Waals surface area contributed by atoms with Gasteiger partial charge in [-0.25, -0.2) is 0 Å². The summed E-state index contributed by atoms with van der Waals surface area (Å²) in [6.07, 6.45) is 2.22. The Balaban J connectivity index is 2.14. The minimum Gasteiger partial charge on any atom is -0.459 e. The summed E-state index contributed by atoms with van der Waals surface area (Å²) in [6, 6.07) is 14.2. The van der Waals surface area contributed by atoms with Gasteiger partial charge in [0.25, 0.3) is 0 Å². The van der Waals surface area contributed by atoms with Crippen LogP contribution in [0, 0.1) is 0 Å². The molecule has 106 valence electrons. The molecule has 0 saturated carbocycles. The van der Waals surface area contributed by atoms with Crippen LogP contribution >= 0.6 is 0 Å². The second-order valence-electron chi connectivity index (χ2n) is 5.80. The number of benzene rings is 2. The maximum atomic E-state index is 12.1. The van der Waals surface area contributed by atoms with Crippen LogP contribution in [0.5, 0.6) is 0 Å². The van der Waals surface area contributed by atoms with Crippen molar-refractivity contribution in [2.45, 2.75) is 45.6 Å². The molecule has 0 spiro atoms. The number of esters is 1. The molecule has 0 aliphatic carbocycles. The van der Waals surface area contributed by atoms with Crippen molar-refractivity contribution in [3.63, 3.8) is 0 Å². The number of carbonyl (C=O) groups excluding carboxylic acids is 1. The predicted octanol–water partition coefficient (Wildman–Crippen LogP) is 4.50. The van der Waals surface area contributed by atoms with Crippen molar-refractivity contribution in [1.29, 1.82) is 0 Å². The fraction of sp³-hybridized carbons (Fsp3) is 0.389. The summed E-state index contributed by atoms with van der Waals surface area (Å²) in [4.78, 5) is 12.1. The molecule has 0 atom stereocenters. The van der Waals surface area contributed by atoms with E-state index in [1.165, 1.54) is 0 Å². The molecule has 20 heavy (non-hydrogen) atoms. The normalized spacial score (nSPS) is 11.6. The lowest BCUT2D eigenvalue weighted by molar-refractivity contribution is -0.156. The maximum Gasteiger partial charge on any atom is 0.310 e. The van der Waals surface area contributed by atoms with Gasteiger partial charge in [0.05, 0.1) is 6.42 Å². The van der Waals surface area contributed by atoms with Crippen molar-refractivity contribution in [3.05, 3.63) is 48.0 Å². The van der Waals surface area contributed by atoms with Crippen LogP contribution in [0.25, 0.3) is 10.8 Å². The van der Waals surface area contributed by atoms with Crippen molar-refractivity contribution >= 4 is 16.7 Å². The fourth-order valence-electron chi connectivity index (χ4n) is 2.60. The second kappa shape index (κ2) is 6.08. The highest BCUT2D eigenvalue weighted by molar-refractivity contribution is 5.89. The standard InChI is InChI=1S/C18H22O2/c1-4-12-18(2,3)20-17(19)13-15-10-7-9-14-8-5-6-11-16(14)15/h5-11H,4,12-13H2,1-3H3. The van der Waals surface area contributed by atoms with Crippen LogP contribution in [0.4, 0.5) is 0 Å². The highest BCUT2D eigenvalue weighted by Gasteiger charge is 2.22. The predicted molar refractivity (Wildman–Crippen MR) is 82.7 cm³/mol. The van der Waals surface area contributed by atoms with Crippen LogP contribution in [-0.4, -0.2) is 11.6 Å². The highest BCUT2D eigenvalue weighted by Crippen LogP contribution is 2.21. The van der Waals surface area contributed by atoms with E-state index < -0.39 is 0 Å². The molecule has 2 heteroatoms. The first-order chi connectivity index (χ1) is 9.52. The first kappa shape index (κ1) is 14.6. The fourth-order valence-corrected chi connectivity index (χ4v) is 2.60. The lowest BCUT2D eigenvalue weighted by Gasteiger charge is -2.24. The summed E-state index contributed by atoms with van der Waals surface area (Å²) in [5, 5.41) is 2.28. The Bertz CT molecular complexity index is 594. The molecule has 2 aromatic carbocycles. The molecular formula is C18H22O2. The number of fused-ring (bicyclic) bond motifs is 1. The molecule has 0 saturated heterocycles. The van der Waals surface area contributed by atoms with Crippen LogP contribution in [-0.2, 0) is 16.0 Å². The molecule has 0 aromatic heterocycles. The van der Waals surface area contributed by atoms with Crippen LogP contribution in [0.15, 0.2) is 42.5 Å². The molecule has 2 rings (SSSR count). The first-order valence-corrected chi connectivity index (χ1v) is 7.20. The molecule has 2 nitrogen and oxygen atoms in total. The Morgan fingerprint density at radius 3 is 2.55 bits per heavy atom. The maximum absolute atomic E-state index is 12.1. The average molecular weight is 270 g/mol. The summed E-state index contributed by atoms with van der Waals surface area (Å²) in [5.41, 5.74) is 0.650. The Morgan fingerprint density at radius 2 is 1.80 bits per heavy atom. The summed E-state index contributed by atoms with van der Waals surface area (Å²) < 4.78 is 5.59. The molecule has 0 amide bonds. The molecule has 2 aromatic rings. The topological polar surface area (TPSA) is 26.3 Å². The molecule has 0 heterocycles. The van der Waals surface area contributed by atoms with Gasteiger partial charge in [-0.2, -0.15) is 0 Å². The molecule has 0 unspecified atom stereocenters. The molecule has 0 bridgehead atoms. The molecule has 0 N–H and O–H groups in total. The van der Waals surface area contributed by atoms with E-state index in [-0.39, 0.29) is 11.6 Å². The van der Waals surface area contributed by atoms with Gasteiger partial charge in [0.1, 0.15) is 5.60 Å². The van der Waals surface area contributed by atoms with Gasteiger partial charge in [-0.15, -0.1) is 0 Å². The van der Waals surface area contributed by atoms with Crippen molar-refractivity contribution in [2.75, 3.05) is 0 Å². The monoisotopic (exact) mass is 270 g/mol. The van der Waals surface area contributed by atoms with Gasteiger partial charge >= 0.3 is 5.97 Å². The van der Waals surface area contributed by atoms with Gasteiger partial charge in [0.15, 0.2) is 0 Å². The van der Waals surface area contributed by atoms with Crippen molar-refractivity contribution in [1.82, 2.24) is 0 Å². The Kier molecular flexibility index (Phi) is 4.43. The zero-order chi connectivity index (χ0) is 14.6. The Labute approximate surface area is 120 Å². The number of ether oxygens (including phenoxy) is 1. The zero-order valence-corrected chi connectivity index (χ0v) is 12.5. The van der Waals surface area contributed by atoms with Crippen LogP contribution in [0.3, 0.4) is 0 Å². The van der Waals surface area contributed by atoms with Crippen LogP contribution < -0.4 is 0 Å². The Hall–Kier alpha value is -1.83. The quantitative estimate of drug-likeness (QED) is 0.747.